The summed E-state index contributed by atoms with van der Waals surface area (Å²) in [4.78, 5) is 12.8. The summed E-state index contributed by atoms with van der Waals surface area (Å²) in [7, 11) is 0. The molecule has 2 rings (SSSR count). The molecular formula is C14H21N5OS. The minimum atomic E-state index is 0.228. The minimum Gasteiger partial charge on any atom is -0.464 e. The second-order valence-corrected chi connectivity index (χ2v) is 5.39. The summed E-state index contributed by atoms with van der Waals surface area (Å²) in [5.74, 6) is 1.06. The standard InChI is InChI=1S/C14H21N5OS/c1-4-15-12-17-13(19-14(18-12)20-5-2)16-10(3)8-11-6-7-21-9-11/h6-7,9-10H,4-5,8H2,1-3H3,(H2,15,16,17,18,19). The van der Waals surface area contributed by atoms with Crippen molar-refractivity contribution in [2.24, 2.45) is 0 Å². The molecule has 21 heavy (non-hydrogen) atoms. The van der Waals surface area contributed by atoms with Gasteiger partial charge in [-0.15, -0.1) is 0 Å². The van der Waals surface area contributed by atoms with Gasteiger partial charge in [-0.3, -0.25) is 0 Å². The van der Waals surface area contributed by atoms with Crippen LogP contribution in [-0.2, 0) is 6.42 Å². The van der Waals surface area contributed by atoms with Gasteiger partial charge in [0.05, 0.1) is 6.61 Å². The van der Waals surface area contributed by atoms with Crippen LogP contribution in [0.15, 0.2) is 16.8 Å². The molecule has 2 aromatic heterocycles. The van der Waals surface area contributed by atoms with E-state index in [0.29, 0.717) is 24.5 Å². The van der Waals surface area contributed by atoms with Crippen LogP contribution in [0.4, 0.5) is 11.9 Å². The SMILES string of the molecule is CCNc1nc(NC(C)Cc2ccsc2)nc(OCC)n1. The molecule has 0 saturated carbocycles. The smallest absolute Gasteiger partial charge is 0.323 e. The van der Waals surface area contributed by atoms with Gasteiger partial charge >= 0.3 is 6.01 Å². The van der Waals surface area contributed by atoms with Crippen LogP contribution < -0.4 is 15.4 Å². The van der Waals surface area contributed by atoms with Crippen molar-refractivity contribution in [2.45, 2.75) is 33.2 Å². The Hall–Kier alpha value is -1.89. The van der Waals surface area contributed by atoms with E-state index in [1.165, 1.54) is 5.56 Å². The second-order valence-electron chi connectivity index (χ2n) is 4.61. The molecule has 0 saturated heterocycles. The molecule has 0 fully saturated rings. The van der Waals surface area contributed by atoms with Gasteiger partial charge in [0.1, 0.15) is 0 Å². The zero-order chi connectivity index (χ0) is 15.1. The molecule has 0 radical (unpaired) electrons. The molecule has 0 aliphatic rings. The van der Waals surface area contributed by atoms with Crippen LogP contribution in [0.1, 0.15) is 26.3 Å². The van der Waals surface area contributed by atoms with E-state index in [-0.39, 0.29) is 6.04 Å². The van der Waals surface area contributed by atoms with Crippen molar-refractivity contribution >= 4 is 23.2 Å². The van der Waals surface area contributed by atoms with Crippen molar-refractivity contribution in [1.82, 2.24) is 15.0 Å². The Morgan fingerprint density at radius 1 is 1.24 bits per heavy atom. The molecule has 0 amide bonds. The highest BCUT2D eigenvalue weighted by molar-refractivity contribution is 7.07. The molecule has 0 spiro atoms. The third kappa shape index (κ3) is 4.86. The van der Waals surface area contributed by atoms with Crippen LogP contribution in [-0.4, -0.2) is 34.1 Å². The minimum absolute atomic E-state index is 0.228. The molecule has 6 nitrogen and oxygen atoms in total. The maximum atomic E-state index is 5.38. The number of anilines is 2. The maximum absolute atomic E-state index is 5.38. The number of rotatable bonds is 8. The van der Waals surface area contributed by atoms with Gasteiger partial charge in [0.15, 0.2) is 0 Å². The van der Waals surface area contributed by atoms with E-state index in [4.69, 9.17) is 4.74 Å². The van der Waals surface area contributed by atoms with Crippen LogP contribution in [0.3, 0.4) is 0 Å². The van der Waals surface area contributed by atoms with Crippen LogP contribution in [0.2, 0.25) is 0 Å². The largest absolute Gasteiger partial charge is 0.464 e. The first-order valence-corrected chi connectivity index (χ1v) is 8.05. The monoisotopic (exact) mass is 307 g/mol. The number of hydrogen-bond acceptors (Lipinski definition) is 7. The summed E-state index contributed by atoms with van der Waals surface area (Å²) >= 11 is 1.71. The fourth-order valence-electron chi connectivity index (χ4n) is 1.89. The summed E-state index contributed by atoms with van der Waals surface area (Å²) in [5, 5.41) is 10.6. The van der Waals surface area contributed by atoms with Gasteiger partial charge in [0.2, 0.25) is 11.9 Å². The lowest BCUT2D eigenvalue weighted by Crippen LogP contribution is -2.20. The molecule has 0 bridgehead atoms. The van der Waals surface area contributed by atoms with Crippen molar-refractivity contribution in [2.75, 3.05) is 23.8 Å². The van der Waals surface area contributed by atoms with Crippen molar-refractivity contribution < 1.29 is 4.74 Å². The first-order valence-electron chi connectivity index (χ1n) is 7.11. The van der Waals surface area contributed by atoms with Crippen molar-refractivity contribution in [3.63, 3.8) is 0 Å². The Balaban J connectivity index is 2.06. The molecule has 0 aliphatic heterocycles. The molecule has 0 aromatic carbocycles. The summed E-state index contributed by atoms with van der Waals surface area (Å²) < 4.78 is 5.38. The van der Waals surface area contributed by atoms with Crippen LogP contribution in [0.5, 0.6) is 6.01 Å². The molecular weight excluding hydrogens is 286 g/mol. The third-order valence-electron chi connectivity index (χ3n) is 2.72. The predicted molar refractivity (Wildman–Crippen MR) is 86.3 cm³/mol. The molecule has 114 valence electrons. The van der Waals surface area contributed by atoms with Gasteiger partial charge in [-0.1, -0.05) is 0 Å². The zero-order valence-electron chi connectivity index (χ0n) is 12.6. The number of aromatic nitrogens is 3. The predicted octanol–water partition coefficient (Wildman–Crippen LogP) is 2.81. The number of hydrogen-bond donors (Lipinski definition) is 2. The topological polar surface area (TPSA) is 72.0 Å². The molecule has 1 atom stereocenters. The van der Waals surface area contributed by atoms with E-state index in [0.717, 1.165) is 13.0 Å². The quantitative estimate of drug-likeness (QED) is 0.781. The lowest BCUT2D eigenvalue weighted by Gasteiger charge is -2.14. The van der Waals surface area contributed by atoms with Gasteiger partial charge in [-0.05, 0) is 49.6 Å². The first kappa shape index (κ1) is 15.5. The number of nitrogens with one attached hydrogen (secondary N) is 2. The average Bonchev–Trinajstić information content (AvgIpc) is 2.91. The van der Waals surface area contributed by atoms with Crippen molar-refractivity contribution in [3.05, 3.63) is 22.4 Å². The van der Waals surface area contributed by atoms with Crippen molar-refractivity contribution in [3.8, 4) is 6.01 Å². The van der Waals surface area contributed by atoms with E-state index >= 15 is 0 Å². The fraction of sp³-hybridized carbons (Fsp3) is 0.500. The summed E-state index contributed by atoms with van der Waals surface area (Å²) in [6.07, 6.45) is 0.926. The Bertz CT molecular complexity index is 522. The molecule has 2 heterocycles. The Labute approximate surface area is 129 Å². The second kappa shape index (κ2) is 7.78. The van der Waals surface area contributed by atoms with E-state index in [1.54, 1.807) is 11.3 Å². The van der Waals surface area contributed by atoms with Gasteiger partial charge < -0.3 is 15.4 Å². The summed E-state index contributed by atoms with van der Waals surface area (Å²) in [5.41, 5.74) is 1.31. The summed E-state index contributed by atoms with van der Waals surface area (Å²) in [6.45, 7) is 7.28. The van der Waals surface area contributed by atoms with Gasteiger partial charge in [-0.25, -0.2) is 0 Å². The van der Waals surface area contributed by atoms with E-state index in [1.807, 2.05) is 13.8 Å². The molecule has 7 heteroatoms. The highest BCUT2D eigenvalue weighted by Crippen LogP contribution is 2.14. The molecule has 1 unspecified atom stereocenters. The Morgan fingerprint density at radius 3 is 2.71 bits per heavy atom. The van der Waals surface area contributed by atoms with Crippen LogP contribution in [0.25, 0.3) is 0 Å². The van der Waals surface area contributed by atoms with E-state index in [9.17, 15) is 0 Å². The Kier molecular flexibility index (Phi) is 5.74. The highest BCUT2D eigenvalue weighted by Gasteiger charge is 2.10. The van der Waals surface area contributed by atoms with Crippen LogP contribution >= 0.6 is 11.3 Å². The molecule has 2 aromatic rings. The first-order chi connectivity index (χ1) is 10.2. The zero-order valence-corrected chi connectivity index (χ0v) is 13.4. The Morgan fingerprint density at radius 2 is 2.05 bits per heavy atom. The molecule has 0 aliphatic carbocycles. The molecule has 2 N–H and O–H groups in total. The maximum Gasteiger partial charge on any atom is 0.323 e. The number of nitrogens with zero attached hydrogens (tertiary/aromatic N) is 3. The fourth-order valence-corrected chi connectivity index (χ4v) is 2.57. The van der Waals surface area contributed by atoms with Crippen molar-refractivity contribution in [1.29, 1.82) is 0 Å². The summed E-state index contributed by atoms with van der Waals surface area (Å²) in [6, 6.07) is 2.70. The number of ether oxygens (including phenoxy) is 1. The highest BCUT2D eigenvalue weighted by atomic mass is 32.1. The normalized spacial score (nSPS) is 12.0. The van der Waals surface area contributed by atoms with Gasteiger partial charge in [0.25, 0.3) is 0 Å². The van der Waals surface area contributed by atoms with E-state index < -0.39 is 0 Å². The average molecular weight is 307 g/mol. The number of thiophene rings is 1. The third-order valence-corrected chi connectivity index (χ3v) is 3.45. The lowest BCUT2D eigenvalue weighted by atomic mass is 10.1. The van der Waals surface area contributed by atoms with E-state index in [2.05, 4.69) is 49.3 Å². The van der Waals surface area contributed by atoms with Crippen LogP contribution in [0, 0.1) is 0 Å². The lowest BCUT2D eigenvalue weighted by molar-refractivity contribution is 0.312. The van der Waals surface area contributed by atoms with Gasteiger partial charge in [0, 0.05) is 12.6 Å². The van der Waals surface area contributed by atoms with Gasteiger partial charge in [-0.2, -0.15) is 26.3 Å².